The largest absolute Gasteiger partial charge is 0.493 e. The Morgan fingerprint density at radius 2 is 2.25 bits per heavy atom. The van der Waals surface area contributed by atoms with Crippen LogP contribution in [0.25, 0.3) is 0 Å². The number of aliphatic carboxylic acids is 1. The first-order chi connectivity index (χ1) is 9.62. The van der Waals surface area contributed by atoms with Crippen LogP contribution in [0.4, 0.5) is 0 Å². The van der Waals surface area contributed by atoms with E-state index < -0.39 is 12.0 Å². The highest BCUT2D eigenvalue weighted by Gasteiger charge is 2.14. The molecule has 2 N–H and O–H groups in total. The van der Waals surface area contributed by atoms with Gasteiger partial charge in [-0.3, -0.25) is 10.1 Å². The number of methoxy groups -OCH3 is 1. The number of carboxylic acid groups (broad SMARTS) is 1. The number of nitriles is 1. The molecule has 20 heavy (non-hydrogen) atoms. The zero-order chi connectivity index (χ0) is 15.0. The summed E-state index contributed by atoms with van der Waals surface area (Å²) in [6, 6.07) is 6.72. The van der Waals surface area contributed by atoms with Gasteiger partial charge in [-0.25, -0.2) is 0 Å². The zero-order valence-electron chi connectivity index (χ0n) is 11.5. The molecule has 0 heterocycles. The van der Waals surface area contributed by atoms with Gasteiger partial charge in [-0.05, 0) is 24.6 Å². The van der Waals surface area contributed by atoms with Gasteiger partial charge in [-0.1, -0.05) is 6.07 Å². The van der Waals surface area contributed by atoms with Crippen molar-refractivity contribution >= 4 is 5.97 Å². The van der Waals surface area contributed by atoms with Crippen LogP contribution in [0.1, 0.15) is 24.9 Å². The molecule has 0 radical (unpaired) electrons. The maximum Gasteiger partial charge on any atom is 0.304 e. The molecular weight excluding hydrogens is 260 g/mol. The molecule has 0 amide bonds. The van der Waals surface area contributed by atoms with Gasteiger partial charge in [0.25, 0.3) is 0 Å². The summed E-state index contributed by atoms with van der Waals surface area (Å²) in [4.78, 5) is 10.5. The highest BCUT2D eigenvalue weighted by molar-refractivity contribution is 5.66. The summed E-state index contributed by atoms with van der Waals surface area (Å²) >= 11 is 0. The fraction of sp³-hybridized carbons (Fsp3) is 0.429. The van der Waals surface area contributed by atoms with Crippen LogP contribution in [0.3, 0.4) is 0 Å². The van der Waals surface area contributed by atoms with Crippen molar-refractivity contribution in [2.75, 3.05) is 20.3 Å². The molecule has 1 atom stereocenters. The van der Waals surface area contributed by atoms with Crippen LogP contribution in [0, 0.1) is 11.3 Å². The zero-order valence-corrected chi connectivity index (χ0v) is 11.5. The molecule has 108 valence electrons. The standard InChI is InChI=1S/C14H18N2O4/c1-3-20-13-8-10(4-5-12(13)19-2)11(9-15)16-7-6-14(17)18/h4-5,8,11,16H,3,6-7H2,1-2H3,(H,17,18). The Morgan fingerprint density at radius 1 is 1.50 bits per heavy atom. The number of carboxylic acids is 1. The fourth-order valence-corrected chi connectivity index (χ4v) is 1.70. The molecule has 0 saturated heterocycles. The predicted octanol–water partition coefficient (Wildman–Crippen LogP) is 1.72. The second-order valence-corrected chi connectivity index (χ2v) is 4.00. The molecule has 1 rings (SSSR count). The van der Waals surface area contributed by atoms with Gasteiger partial charge in [0.15, 0.2) is 11.5 Å². The highest BCUT2D eigenvalue weighted by atomic mass is 16.5. The maximum absolute atomic E-state index is 10.5. The lowest BCUT2D eigenvalue weighted by Crippen LogP contribution is -2.23. The van der Waals surface area contributed by atoms with E-state index in [4.69, 9.17) is 19.8 Å². The van der Waals surface area contributed by atoms with Crippen molar-refractivity contribution in [3.63, 3.8) is 0 Å². The van der Waals surface area contributed by atoms with Gasteiger partial charge in [-0.2, -0.15) is 5.26 Å². The first kappa shape index (κ1) is 15.8. The van der Waals surface area contributed by atoms with E-state index in [1.807, 2.05) is 6.92 Å². The molecule has 1 unspecified atom stereocenters. The number of benzene rings is 1. The average Bonchev–Trinajstić information content (AvgIpc) is 2.43. The third-order valence-electron chi connectivity index (χ3n) is 2.64. The van der Waals surface area contributed by atoms with Crippen molar-refractivity contribution in [2.24, 2.45) is 0 Å². The number of rotatable bonds is 8. The van der Waals surface area contributed by atoms with E-state index in [0.717, 1.165) is 0 Å². The normalized spacial score (nSPS) is 11.4. The van der Waals surface area contributed by atoms with Crippen LogP contribution in [-0.4, -0.2) is 31.3 Å². The summed E-state index contributed by atoms with van der Waals surface area (Å²) in [6.07, 6.45) is -0.0351. The number of carbonyl (C=O) groups is 1. The Kier molecular flexibility index (Phi) is 6.33. The first-order valence-electron chi connectivity index (χ1n) is 6.27. The summed E-state index contributed by atoms with van der Waals surface area (Å²) in [5.74, 6) is 0.254. The van der Waals surface area contributed by atoms with E-state index in [1.165, 1.54) is 0 Å². The molecule has 0 fully saturated rings. The van der Waals surface area contributed by atoms with Crippen LogP contribution in [0.15, 0.2) is 18.2 Å². The first-order valence-corrected chi connectivity index (χ1v) is 6.27. The van der Waals surface area contributed by atoms with E-state index in [9.17, 15) is 4.79 Å². The molecular formula is C14H18N2O4. The monoisotopic (exact) mass is 278 g/mol. The van der Waals surface area contributed by atoms with Crippen LogP contribution in [-0.2, 0) is 4.79 Å². The minimum atomic E-state index is -0.904. The maximum atomic E-state index is 10.5. The lowest BCUT2D eigenvalue weighted by molar-refractivity contribution is -0.136. The molecule has 6 heteroatoms. The lowest BCUT2D eigenvalue weighted by Gasteiger charge is -2.15. The Balaban J connectivity index is 2.84. The smallest absolute Gasteiger partial charge is 0.304 e. The van der Waals surface area contributed by atoms with Gasteiger partial charge in [0, 0.05) is 6.54 Å². The van der Waals surface area contributed by atoms with Crippen LogP contribution in [0.2, 0.25) is 0 Å². The molecule has 0 aliphatic carbocycles. The number of ether oxygens (including phenoxy) is 2. The molecule has 0 aliphatic rings. The number of nitrogens with zero attached hydrogens (tertiary/aromatic N) is 1. The van der Waals surface area contributed by atoms with Gasteiger partial charge in [0.1, 0.15) is 6.04 Å². The van der Waals surface area contributed by atoms with Gasteiger partial charge in [0.05, 0.1) is 26.2 Å². The highest BCUT2D eigenvalue weighted by Crippen LogP contribution is 2.30. The Labute approximate surface area is 117 Å². The van der Waals surface area contributed by atoms with Crippen molar-refractivity contribution in [1.29, 1.82) is 5.26 Å². The van der Waals surface area contributed by atoms with Crippen molar-refractivity contribution in [1.82, 2.24) is 5.32 Å². The average molecular weight is 278 g/mol. The van der Waals surface area contributed by atoms with E-state index in [-0.39, 0.29) is 13.0 Å². The molecule has 1 aromatic rings. The summed E-state index contributed by atoms with van der Waals surface area (Å²) in [5, 5.41) is 20.6. The fourth-order valence-electron chi connectivity index (χ4n) is 1.70. The van der Waals surface area contributed by atoms with E-state index >= 15 is 0 Å². The number of nitrogens with one attached hydrogen (secondary N) is 1. The summed E-state index contributed by atoms with van der Waals surface area (Å²) in [7, 11) is 1.55. The molecule has 1 aromatic carbocycles. The van der Waals surface area contributed by atoms with Crippen LogP contribution >= 0.6 is 0 Å². The summed E-state index contributed by atoms with van der Waals surface area (Å²) in [6.45, 7) is 2.58. The third-order valence-corrected chi connectivity index (χ3v) is 2.64. The Morgan fingerprint density at radius 3 is 2.80 bits per heavy atom. The van der Waals surface area contributed by atoms with Crippen molar-refractivity contribution in [3.8, 4) is 17.6 Å². The van der Waals surface area contributed by atoms with Crippen molar-refractivity contribution < 1.29 is 19.4 Å². The number of hydrogen-bond donors (Lipinski definition) is 2. The Hall–Kier alpha value is -2.26. The van der Waals surface area contributed by atoms with E-state index in [0.29, 0.717) is 23.7 Å². The quantitative estimate of drug-likeness (QED) is 0.752. The van der Waals surface area contributed by atoms with Gasteiger partial charge in [-0.15, -0.1) is 0 Å². The van der Waals surface area contributed by atoms with Crippen LogP contribution in [0.5, 0.6) is 11.5 Å². The van der Waals surface area contributed by atoms with Gasteiger partial charge in [0.2, 0.25) is 0 Å². The SMILES string of the molecule is CCOc1cc(C(C#N)NCCC(=O)O)ccc1OC. The van der Waals surface area contributed by atoms with E-state index in [2.05, 4.69) is 11.4 Å². The number of hydrogen-bond acceptors (Lipinski definition) is 5. The summed E-state index contributed by atoms with van der Waals surface area (Å²) in [5.41, 5.74) is 0.710. The Bertz CT molecular complexity index is 496. The lowest BCUT2D eigenvalue weighted by atomic mass is 10.1. The molecule has 0 aromatic heterocycles. The molecule has 6 nitrogen and oxygen atoms in total. The van der Waals surface area contributed by atoms with Gasteiger partial charge < -0.3 is 14.6 Å². The van der Waals surface area contributed by atoms with E-state index in [1.54, 1.807) is 25.3 Å². The predicted molar refractivity (Wildman–Crippen MR) is 72.8 cm³/mol. The second-order valence-electron chi connectivity index (χ2n) is 4.00. The third kappa shape index (κ3) is 4.44. The topological polar surface area (TPSA) is 91.6 Å². The van der Waals surface area contributed by atoms with Crippen molar-refractivity contribution in [2.45, 2.75) is 19.4 Å². The van der Waals surface area contributed by atoms with Gasteiger partial charge >= 0.3 is 5.97 Å². The minimum absolute atomic E-state index is 0.0351. The molecule has 0 spiro atoms. The van der Waals surface area contributed by atoms with Crippen molar-refractivity contribution in [3.05, 3.63) is 23.8 Å². The molecule has 0 saturated carbocycles. The summed E-state index contributed by atoms with van der Waals surface area (Å²) < 4.78 is 10.6. The second kappa shape index (κ2) is 8.02. The molecule has 0 aliphatic heterocycles. The van der Waals surface area contributed by atoms with Crippen LogP contribution < -0.4 is 14.8 Å². The minimum Gasteiger partial charge on any atom is -0.493 e. The molecule has 0 bridgehead atoms.